The van der Waals surface area contributed by atoms with Crippen LogP contribution in [0.5, 0.6) is 0 Å². The highest BCUT2D eigenvalue weighted by molar-refractivity contribution is 5.86. The maximum absolute atomic E-state index is 11.8. The van der Waals surface area contributed by atoms with E-state index in [1.807, 2.05) is 13.8 Å². The van der Waals surface area contributed by atoms with Gasteiger partial charge in [-0.05, 0) is 20.3 Å². The zero-order valence-corrected chi connectivity index (χ0v) is 10.5. The van der Waals surface area contributed by atoms with Gasteiger partial charge in [-0.25, -0.2) is 0 Å². The predicted octanol–water partition coefficient (Wildman–Crippen LogP) is 2.87. The molecule has 16 heavy (non-hydrogen) atoms. The molecule has 0 saturated heterocycles. The lowest BCUT2D eigenvalue weighted by Gasteiger charge is -2.29. The topological polar surface area (TPSA) is 43.4 Å². The van der Waals surface area contributed by atoms with Crippen LogP contribution in [0, 0.1) is 5.41 Å². The molecule has 1 rings (SSSR count). The molecule has 3 heteroatoms. The van der Waals surface area contributed by atoms with Crippen LogP contribution in [0.1, 0.15) is 59.3 Å². The van der Waals surface area contributed by atoms with Gasteiger partial charge in [-0.1, -0.05) is 26.2 Å². The van der Waals surface area contributed by atoms with Crippen molar-refractivity contribution in [3.05, 3.63) is 0 Å². The average molecular weight is 226 g/mol. The standard InChI is InChI=1S/C13H22O3/c1-4-5-6-7-13(2,3)12(15)16-11-8-10(14)9-11/h11H,4-9H2,1-3H3. The molecular weight excluding hydrogens is 204 g/mol. The number of rotatable bonds is 6. The van der Waals surface area contributed by atoms with Crippen LogP contribution in [0.4, 0.5) is 0 Å². The predicted molar refractivity (Wildman–Crippen MR) is 62.0 cm³/mol. The third-order valence-electron chi connectivity index (χ3n) is 3.14. The Labute approximate surface area is 97.5 Å². The Kier molecular flexibility index (Phi) is 4.51. The fraction of sp³-hybridized carbons (Fsp3) is 0.846. The van der Waals surface area contributed by atoms with E-state index in [1.165, 1.54) is 0 Å². The molecule has 0 aromatic heterocycles. The Morgan fingerprint density at radius 3 is 2.50 bits per heavy atom. The first-order valence-electron chi connectivity index (χ1n) is 6.18. The first-order chi connectivity index (χ1) is 7.45. The minimum Gasteiger partial charge on any atom is -0.461 e. The maximum atomic E-state index is 11.8. The van der Waals surface area contributed by atoms with Crippen molar-refractivity contribution >= 4 is 11.8 Å². The number of ketones is 1. The molecule has 1 aliphatic rings. The van der Waals surface area contributed by atoms with Gasteiger partial charge in [-0.2, -0.15) is 0 Å². The zero-order chi connectivity index (χ0) is 12.2. The molecule has 0 atom stereocenters. The summed E-state index contributed by atoms with van der Waals surface area (Å²) in [5.41, 5.74) is -0.409. The van der Waals surface area contributed by atoms with E-state index in [9.17, 15) is 9.59 Å². The van der Waals surface area contributed by atoms with Crippen molar-refractivity contribution in [2.75, 3.05) is 0 Å². The monoisotopic (exact) mass is 226 g/mol. The van der Waals surface area contributed by atoms with Crippen LogP contribution in [-0.2, 0) is 14.3 Å². The summed E-state index contributed by atoms with van der Waals surface area (Å²) in [6.07, 6.45) is 4.90. The molecule has 0 bridgehead atoms. The van der Waals surface area contributed by atoms with Gasteiger partial charge in [-0.15, -0.1) is 0 Å². The third kappa shape index (κ3) is 3.62. The van der Waals surface area contributed by atoms with Gasteiger partial charge in [0.25, 0.3) is 0 Å². The first-order valence-corrected chi connectivity index (χ1v) is 6.18. The second kappa shape index (κ2) is 5.46. The van der Waals surface area contributed by atoms with Crippen molar-refractivity contribution in [3.63, 3.8) is 0 Å². The highest BCUT2D eigenvalue weighted by Gasteiger charge is 2.35. The van der Waals surface area contributed by atoms with E-state index >= 15 is 0 Å². The van der Waals surface area contributed by atoms with Crippen LogP contribution in [0.3, 0.4) is 0 Å². The van der Waals surface area contributed by atoms with E-state index in [4.69, 9.17) is 4.74 Å². The minimum absolute atomic E-state index is 0.148. The fourth-order valence-electron chi connectivity index (χ4n) is 1.76. The molecular formula is C13H22O3. The SMILES string of the molecule is CCCCCC(C)(C)C(=O)OC1CC(=O)C1. The average Bonchev–Trinajstić information content (AvgIpc) is 2.15. The second-order valence-electron chi connectivity index (χ2n) is 5.32. The largest absolute Gasteiger partial charge is 0.461 e. The minimum atomic E-state index is -0.409. The number of hydrogen-bond donors (Lipinski definition) is 0. The lowest BCUT2D eigenvalue weighted by atomic mass is 9.86. The molecule has 92 valence electrons. The summed E-state index contributed by atoms with van der Waals surface area (Å²) >= 11 is 0. The van der Waals surface area contributed by atoms with E-state index in [1.54, 1.807) is 0 Å². The highest BCUT2D eigenvalue weighted by Crippen LogP contribution is 2.28. The van der Waals surface area contributed by atoms with Crippen molar-refractivity contribution in [1.29, 1.82) is 0 Å². The van der Waals surface area contributed by atoms with Gasteiger partial charge in [0, 0.05) is 12.8 Å². The normalized spacial score (nSPS) is 17.1. The Hall–Kier alpha value is -0.860. The third-order valence-corrected chi connectivity index (χ3v) is 3.14. The number of unbranched alkanes of at least 4 members (excludes halogenated alkanes) is 2. The lowest BCUT2D eigenvalue weighted by Crippen LogP contribution is -2.37. The van der Waals surface area contributed by atoms with Crippen molar-refractivity contribution in [3.8, 4) is 0 Å². The molecule has 1 fully saturated rings. The number of ether oxygens (including phenoxy) is 1. The lowest BCUT2D eigenvalue weighted by molar-refractivity contribution is -0.166. The van der Waals surface area contributed by atoms with Gasteiger partial charge >= 0.3 is 5.97 Å². The number of esters is 1. The van der Waals surface area contributed by atoms with E-state index in [0.717, 1.165) is 25.7 Å². The molecule has 0 aromatic carbocycles. The van der Waals surface area contributed by atoms with Gasteiger partial charge in [0.15, 0.2) is 0 Å². The molecule has 0 heterocycles. The van der Waals surface area contributed by atoms with Crippen LogP contribution < -0.4 is 0 Å². The Morgan fingerprint density at radius 2 is 2.00 bits per heavy atom. The molecule has 3 nitrogen and oxygen atoms in total. The van der Waals surface area contributed by atoms with E-state index < -0.39 is 5.41 Å². The van der Waals surface area contributed by atoms with Gasteiger partial charge < -0.3 is 4.74 Å². The number of carbonyl (C=O) groups is 2. The second-order valence-corrected chi connectivity index (χ2v) is 5.32. The smallest absolute Gasteiger partial charge is 0.311 e. The summed E-state index contributed by atoms with van der Waals surface area (Å²) in [5.74, 6) is 0.0442. The molecule has 1 aliphatic carbocycles. The first kappa shape index (κ1) is 13.2. The van der Waals surface area contributed by atoms with Crippen LogP contribution in [0.25, 0.3) is 0 Å². The molecule has 0 radical (unpaired) electrons. The van der Waals surface area contributed by atoms with Gasteiger partial charge in [0.2, 0.25) is 0 Å². The van der Waals surface area contributed by atoms with Crippen molar-refractivity contribution in [2.45, 2.75) is 65.4 Å². The Morgan fingerprint density at radius 1 is 1.38 bits per heavy atom. The summed E-state index contributed by atoms with van der Waals surface area (Å²) in [6.45, 7) is 5.99. The van der Waals surface area contributed by atoms with E-state index in [2.05, 4.69) is 6.92 Å². The van der Waals surface area contributed by atoms with Gasteiger partial charge in [-0.3, -0.25) is 9.59 Å². The zero-order valence-electron chi connectivity index (χ0n) is 10.5. The van der Waals surface area contributed by atoms with Crippen LogP contribution in [0.15, 0.2) is 0 Å². The molecule has 0 aliphatic heterocycles. The Bertz CT molecular complexity index is 260. The molecule has 0 spiro atoms. The van der Waals surface area contributed by atoms with Crippen LogP contribution in [0.2, 0.25) is 0 Å². The summed E-state index contributed by atoms with van der Waals surface area (Å²) in [7, 11) is 0. The highest BCUT2D eigenvalue weighted by atomic mass is 16.5. The van der Waals surface area contributed by atoms with Crippen LogP contribution in [-0.4, -0.2) is 17.9 Å². The van der Waals surface area contributed by atoms with Gasteiger partial charge in [0.05, 0.1) is 5.41 Å². The summed E-state index contributed by atoms with van der Waals surface area (Å²) in [4.78, 5) is 22.6. The summed E-state index contributed by atoms with van der Waals surface area (Å²) in [6, 6.07) is 0. The van der Waals surface area contributed by atoms with Crippen molar-refractivity contribution in [1.82, 2.24) is 0 Å². The van der Waals surface area contributed by atoms with Gasteiger partial charge in [0.1, 0.15) is 11.9 Å². The molecule has 0 aromatic rings. The van der Waals surface area contributed by atoms with Crippen molar-refractivity contribution in [2.24, 2.45) is 5.41 Å². The molecule has 0 N–H and O–H groups in total. The quantitative estimate of drug-likeness (QED) is 0.516. The number of Topliss-reactive ketones (excluding diaryl/α,β-unsaturated/α-hetero) is 1. The van der Waals surface area contributed by atoms with Crippen LogP contribution >= 0.6 is 0 Å². The Balaban J connectivity index is 2.30. The number of hydrogen-bond acceptors (Lipinski definition) is 3. The fourth-order valence-corrected chi connectivity index (χ4v) is 1.76. The molecule has 0 amide bonds. The maximum Gasteiger partial charge on any atom is 0.311 e. The van der Waals surface area contributed by atoms with E-state index in [-0.39, 0.29) is 17.9 Å². The van der Waals surface area contributed by atoms with Crippen molar-refractivity contribution < 1.29 is 14.3 Å². The molecule has 0 unspecified atom stereocenters. The summed E-state index contributed by atoms with van der Waals surface area (Å²) < 4.78 is 5.29. The molecule has 1 saturated carbocycles. The summed E-state index contributed by atoms with van der Waals surface area (Å²) in [5, 5.41) is 0. The number of carbonyl (C=O) groups excluding carboxylic acids is 2. The van der Waals surface area contributed by atoms with E-state index in [0.29, 0.717) is 12.8 Å².